The van der Waals surface area contributed by atoms with Crippen LogP contribution in [-0.4, -0.2) is 96.5 Å². The van der Waals surface area contributed by atoms with Gasteiger partial charge in [0.05, 0.1) is 12.6 Å². The van der Waals surface area contributed by atoms with Crippen molar-refractivity contribution in [3.63, 3.8) is 0 Å². The van der Waals surface area contributed by atoms with E-state index in [4.69, 9.17) is 4.74 Å². The van der Waals surface area contributed by atoms with Crippen LogP contribution in [0, 0.1) is 5.92 Å². The summed E-state index contributed by atoms with van der Waals surface area (Å²) >= 11 is 0. The van der Waals surface area contributed by atoms with Gasteiger partial charge in [0, 0.05) is 39.8 Å². The molecule has 0 bridgehead atoms. The summed E-state index contributed by atoms with van der Waals surface area (Å²) < 4.78 is 4.96. The van der Waals surface area contributed by atoms with Crippen LogP contribution in [0.15, 0.2) is 91.0 Å². The highest BCUT2D eigenvalue weighted by molar-refractivity contribution is 5.86. The summed E-state index contributed by atoms with van der Waals surface area (Å²) in [5, 5.41) is 0. The molecule has 8 heteroatoms. The lowest BCUT2D eigenvalue weighted by Crippen LogP contribution is -2.52. The summed E-state index contributed by atoms with van der Waals surface area (Å²) in [6.45, 7) is 6.39. The molecule has 8 nitrogen and oxygen atoms in total. The fourth-order valence-electron chi connectivity index (χ4n) is 6.64. The molecule has 0 aliphatic carbocycles. The van der Waals surface area contributed by atoms with Gasteiger partial charge in [-0.3, -0.25) is 9.69 Å². The number of nitrogens with zero attached hydrogens (tertiary/aromatic N) is 4. The molecule has 226 valence electrons. The topological polar surface area (TPSA) is 73.2 Å². The molecule has 0 aromatic heterocycles. The number of hydrogen-bond acceptors (Lipinski definition) is 5. The molecule has 2 aliphatic heterocycles. The molecule has 2 aliphatic rings. The number of rotatable bonds is 8. The summed E-state index contributed by atoms with van der Waals surface area (Å²) in [4.78, 5) is 47.4. The van der Waals surface area contributed by atoms with Gasteiger partial charge >= 0.3 is 12.0 Å². The zero-order chi connectivity index (χ0) is 30.6. The average Bonchev–Trinajstić information content (AvgIpc) is 3.87. The van der Waals surface area contributed by atoms with E-state index in [1.54, 1.807) is 11.9 Å². The first-order chi connectivity index (χ1) is 20.8. The van der Waals surface area contributed by atoms with Crippen molar-refractivity contribution in [2.24, 2.45) is 5.92 Å². The number of esters is 1. The van der Waals surface area contributed by atoms with E-state index in [1.165, 1.54) is 12.0 Å². The molecule has 43 heavy (non-hydrogen) atoms. The second-order valence-electron chi connectivity index (χ2n) is 11.7. The van der Waals surface area contributed by atoms with Crippen molar-refractivity contribution in [3.05, 3.63) is 108 Å². The fraction of sp³-hybridized carbons (Fsp3) is 0.400. The first kappa shape index (κ1) is 30.3. The van der Waals surface area contributed by atoms with Crippen LogP contribution >= 0.6 is 0 Å². The first-order valence-electron chi connectivity index (χ1n) is 15.1. The molecule has 0 saturated carbocycles. The maximum atomic E-state index is 14.1. The van der Waals surface area contributed by atoms with E-state index in [9.17, 15) is 14.4 Å². The van der Waals surface area contributed by atoms with Crippen molar-refractivity contribution in [1.29, 1.82) is 0 Å². The Morgan fingerprint density at radius 3 is 1.70 bits per heavy atom. The summed E-state index contributed by atoms with van der Waals surface area (Å²) in [5.41, 5.74) is 2.72. The molecule has 2 heterocycles. The summed E-state index contributed by atoms with van der Waals surface area (Å²) in [5.74, 6) is -0.430. The third-order valence-corrected chi connectivity index (χ3v) is 8.77. The van der Waals surface area contributed by atoms with E-state index in [1.807, 2.05) is 36.9 Å². The summed E-state index contributed by atoms with van der Waals surface area (Å²) in [6.07, 6.45) is 0.670. The fourth-order valence-corrected chi connectivity index (χ4v) is 6.64. The van der Waals surface area contributed by atoms with Crippen molar-refractivity contribution in [2.45, 2.75) is 37.9 Å². The van der Waals surface area contributed by atoms with E-state index in [0.29, 0.717) is 39.1 Å². The Hall–Kier alpha value is -4.17. The zero-order valence-corrected chi connectivity index (χ0v) is 25.6. The highest BCUT2D eigenvalue weighted by Gasteiger charge is 2.56. The third-order valence-electron chi connectivity index (χ3n) is 8.77. The molecule has 0 radical (unpaired) electrons. The van der Waals surface area contributed by atoms with E-state index in [-0.39, 0.29) is 23.9 Å². The molecular formula is C35H42N4O4. The zero-order valence-electron chi connectivity index (χ0n) is 25.6. The van der Waals surface area contributed by atoms with Crippen molar-refractivity contribution in [3.8, 4) is 0 Å². The van der Waals surface area contributed by atoms with Gasteiger partial charge in [-0.2, -0.15) is 0 Å². The predicted molar refractivity (Wildman–Crippen MR) is 166 cm³/mol. The number of carbonyl (C=O) groups is 3. The maximum Gasteiger partial charge on any atom is 0.328 e. The Morgan fingerprint density at radius 2 is 1.23 bits per heavy atom. The van der Waals surface area contributed by atoms with Crippen LogP contribution in [0.4, 0.5) is 4.79 Å². The number of urea groups is 1. The molecule has 5 rings (SSSR count). The smallest absolute Gasteiger partial charge is 0.328 e. The molecule has 3 atom stereocenters. The summed E-state index contributed by atoms with van der Waals surface area (Å²) in [7, 11) is 2.99. The number of ether oxygens (including phenoxy) is 1. The monoisotopic (exact) mass is 582 g/mol. The molecule has 3 amide bonds. The second kappa shape index (κ2) is 13.0. The van der Waals surface area contributed by atoms with Gasteiger partial charge in [0.15, 0.2) is 0 Å². The SMILES string of the molecule is COC(=O)[C@H](C(C)C)N(C)C(=O)N1CCCN(C(=O)[C@@H]2CN2C(c2ccccc2)(c2ccccc2)c2ccccc2)CC1. The van der Waals surface area contributed by atoms with Gasteiger partial charge in [0.2, 0.25) is 5.91 Å². The van der Waals surface area contributed by atoms with Gasteiger partial charge in [-0.1, -0.05) is 105 Å². The molecule has 3 aromatic rings. The average molecular weight is 583 g/mol. The number of carbonyl (C=O) groups excluding carboxylic acids is 3. The van der Waals surface area contributed by atoms with Crippen LogP contribution in [0.3, 0.4) is 0 Å². The number of hydrogen-bond donors (Lipinski definition) is 0. The van der Waals surface area contributed by atoms with Crippen LogP contribution in [0.25, 0.3) is 0 Å². The minimum absolute atomic E-state index is 0.0874. The van der Waals surface area contributed by atoms with Crippen LogP contribution in [-0.2, 0) is 19.9 Å². The standard InChI is InChI=1S/C35H42N4O4/c1-26(2)31(33(41)43-4)36(3)34(42)38-22-14-21-37(23-24-38)32(40)30-25-39(30)35(27-15-8-5-9-16-27,28-17-10-6-11-18-28)29-19-12-7-13-20-29/h5-13,15-20,26,30-31H,14,21-25H2,1-4H3/t30-,31-,39?/m0/s1. The van der Waals surface area contributed by atoms with Crippen LogP contribution in [0.5, 0.6) is 0 Å². The number of amides is 3. The molecular weight excluding hydrogens is 540 g/mol. The van der Waals surface area contributed by atoms with E-state index in [2.05, 4.69) is 77.7 Å². The minimum atomic E-state index is -0.666. The lowest BCUT2D eigenvalue weighted by Gasteiger charge is -2.38. The Bertz CT molecular complexity index is 1300. The van der Waals surface area contributed by atoms with E-state index < -0.39 is 17.6 Å². The Kier molecular flexibility index (Phi) is 9.16. The van der Waals surface area contributed by atoms with Gasteiger partial charge in [0.1, 0.15) is 12.1 Å². The van der Waals surface area contributed by atoms with Gasteiger partial charge in [-0.15, -0.1) is 0 Å². The van der Waals surface area contributed by atoms with Crippen LogP contribution in [0.2, 0.25) is 0 Å². The lowest BCUT2D eigenvalue weighted by molar-refractivity contribution is -0.147. The van der Waals surface area contributed by atoms with Gasteiger partial charge in [-0.05, 0) is 29.0 Å². The predicted octanol–water partition coefficient (Wildman–Crippen LogP) is 4.45. The Balaban J connectivity index is 1.37. The van der Waals surface area contributed by atoms with Gasteiger partial charge in [0.25, 0.3) is 0 Å². The lowest BCUT2D eigenvalue weighted by atomic mass is 9.76. The largest absolute Gasteiger partial charge is 0.467 e. The molecule has 2 fully saturated rings. The second-order valence-corrected chi connectivity index (χ2v) is 11.7. The van der Waals surface area contributed by atoms with Crippen molar-refractivity contribution in [1.82, 2.24) is 19.6 Å². The number of likely N-dealkylation sites (N-methyl/N-ethyl adjacent to an activating group) is 1. The third kappa shape index (κ3) is 5.89. The Labute approximate surface area is 254 Å². The summed E-state index contributed by atoms with van der Waals surface area (Å²) in [6, 6.07) is 30.1. The Morgan fingerprint density at radius 1 is 0.767 bits per heavy atom. The maximum absolute atomic E-state index is 14.1. The van der Waals surface area contributed by atoms with Crippen molar-refractivity contribution < 1.29 is 19.1 Å². The van der Waals surface area contributed by atoms with Crippen LogP contribution < -0.4 is 0 Å². The van der Waals surface area contributed by atoms with Crippen molar-refractivity contribution in [2.75, 3.05) is 46.9 Å². The molecule has 0 N–H and O–H groups in total. The van der Waals surface area contributed by atoms with Crippen molar-refractivity contribution >= 4 is 17.9 Å². The van der Waals surface area contributed by atoms with Gasteiger partial charge < -0.3 is 19.4 Å². The highest BCUT2D eigenvalue weighted by Crippen LogP contribution is 2.48. The number of benzene rings is 3. The quantitative estimate of drug-likeness (QED) is 0.223. The number of methoxy groups -OCH3 is 1. The molecule has 3 aromatic carbocycles. The van der Waals surface area contributed by atoms with E-state index in [0.717, 1.165) is 16.7 Å². The molecule has 0 spiro atoms. The molecule has 1 unspecified atom stereocenters. The van der Waals surface area contributed by atoms with E-state index >= 15 is 0 Å². The van der Waals surface area contributed by atoms with Gasteiger partial charge in [-0.25, -0.2) is 9.59 Å². The first-order valence-corrected chi connectivity index (χ1v) is 15.1. The normalized spacial score (nSPS) is 19.4. The minimum Gasteiger partial charge on any atom is -0.467 e. The highest BCUT2D eigenvalue weighted by atomic mass is 16.5. The molecule has 2 saturated heterocycles. The van der Waals surface area contributed by atoms with Crippen LogP contribution in [0.1, 0.15) is 37.0 Å².